The topological polar surface area (TPSA) is 56.8 Å². The number of allylic oxidation sites excluding steroid dienone is 2. The SMILES string of the molecule is C=C(/C=C(\C)NC(=O)C(C)(C)SC1CCOCC1)C(C)(C)COCCOCC.CCCCC1CCC1. The second-order valence-electron chi connectivity index (χ2n) is 11.3. The molecule has 6 heteroatoms. The van der Waals surface area contributed by atoms with Gasteiger partial charge in [-0.3, -0.25) is 4.79 Å². The molecule has 1 saturated carbocycles. The number of thioether (sulfide) groups is 1. The standard InChI is InChI=1S/C22H39NO4S.C8H16/c1-8-25-13-14-27-16-21(4,5)17(2)15-18(3)23-20(24)22(6,7)28-19-9-11-26-12-10-19;1-2-3-5-8-6-4-7-8/h15,19H,2,8-14,16H2,1,3-7H3,(H,23,24);8H,2-7H2,1H3/b18-15+;. The monoisotopic (exact) mass is 525 g/mol. The highest BCUT2D eigenvalue weighted by Gasteiger charge is 2.32. The molecule has 5 nitrogen and oxygen atoms in total. The fourth-order valence-corrected chi connectivity index (χ4v) is 5.46. The molecule has 210 valence electrons. The van der Waals surface area contributed by atoms with E-state index in [-0.39, 0.29) is 11.3 Å². The van der Waals surface area contributed by atoms with Crippen LogP contribution >= 0.6 is 11.8 Å². The summed E-state index contributed by atoms with van der Waals surface area (Å²) >= 11 is 1.74. The third-order valence-electron chi connectivity index (χ3n) is 6.98. The number of rotatable bonds is 15. The molecule has 1 aliphatic carbocycles. The molecule has 0 aromatic rings. The molecule has 1 N–H and O–H groups in total. The van der Waals surface area contributed by atoms with Gasteiger partial charge < -0.3 is 19.5 Å². The van der Waals surface area contributed by atoms with Crippen molar-refractivity contribution in [1.82, 2.24) is 5.32 Å². The van der Waals surface area contributed by atoms with Crippen molar-refractivity contribution in [2.75, 3.05) is 39.6 Å². The van der Waals surface area contributed by atoms with E-state index in [2.05, 4.69) is 32.7 Å². The summed E-state index contributed by atoms with van der Waals surface area (Å²) in [5.74, 6) is 1.16. The lowest BCUT2D eigenvalue weighted by Crippen LogP contribution is -2.41. The van der Waals surface area contributed by atoms with E-state index >= 15 is 0 Å². The van der Waals surface area contributed by atoms with Crippen LogP contribution in [-0.2, 0) is 19.0 Å². The molecule has 1 saturated heterocycles. The van der Waals surface area contributed by atoms with Crippen LogP contribution in [0.2, 0.25) is 0 Å². The molecule has 0 unspecified atom stereocenters. The summed E-state index contributed by atoms with van der Waals surface area (Å²) in [4.78, 5) is 12.8. The number of carbonyl (C=O) groups excluding carboxylic acids is 1. The van der Waals surface area contributed by atoms with Gasteiger partial charge in [-0.25, -0.2) is 0 Å². The Morgan fingerprint density at radius 2 is 1.72 bits per heavy atom. The van der Waals surface area contributed by atoms with Crippen LogP contribution in [0.5, 0.6) is 0 Å². The molecule has 2 fully saturated rings. The van der Waals surface area contributed by atoms with Crippen LogP contribution in [0.4, 0.5) is 0 Å². The minimum Gasteiger partial charge on any atom is -0.381 e. The molecule has 36 heavy (non-hydrogen) atoms. The van der Waals surface area contributed by atoms with Crippen LogP contribution in [0.15, 0.2) is 23.9 Å². The second kappa shape index (κ2) is 17.6. The van der Waals surface area contributed by atoms with Crippen molar-refractivity contribution in [3.63, 3.8) is 0 Å². The van der Waals surface area contributed by atoms with E-state index in [1.54, 1.807) is 11.8 Å². The molecule has 1 amide bonds. The zero-order valence-corrected chi connectivity index (χ0v) is 25.2. The lowest BCUT2D eigenvalue weighted by Gasteiger charge is -2.31. The Morgan fingerprint density at radius 1 is 1.08 bits per heavy atom. The maximum Gasteiger partial charge on any atom is 0.239 e. The van der Waals surface area contributed by atoms with Gasteiger partial charge in [0, 0.05) is 36.2 Å². The first-order chi connectivity index (χ1) is 17.0. The summed E-state index contributed by atoms with van der Waals surface area (Å²) in [6.45, 7) is 22.5. The Kier molecular flexibility index (Phi) is 16.3. The summed E-state index contributed by atoms with van der Waals surface area (Å²) in [5, 5.41) is 3.52. The van der Waals surface area contributed by atoms with Crippen molar-refractivity contribution in [2.45, 2.75) is 110 Å². The zero-order valence-electron chi connectivity index (χ0n) is 24.4. The van der Waals surface area contributed by atoms with Crippen molar-refractivity contribution < 1.29 is 19.0 Å². The molecule has 2 rings (SSSR count). The molecule has 1 heterocycles. The van der Waals surface area contributed by atoms with E-state index in [9.17, 15) is 4.79 Å². The number of nitrogens with one attached hydrogen (secondary N) is 1. The first-order valence-electron chi connectivity index (χ1n) is 14.1. The van der Waals surface area contributed by atoms with Crippen LogP contribution in [0.25, 0.3) is 0 Å². The van der Waals surface area contributed by atoms with Crippen molar-refractivity contribution in [3.05, 3.63) is 23.9 Å². The van der Waals surface area contributed by atoms with Crippen molar-refractivity contribution in [1.29, 1.82) is 0 Å². The normalized spacial score (nSPS) is 17.7. The number of amides is 1. The van der Waals surface area contributed by atoms with Gasteiger partial charge in [-0.05, 0) is 58.1 Å². The number of carbonyl (C=O) groups is 1. The summed E-state index contributed by atoms with van der Waals surface area (Å²) in [7, 11) is 0. The number of hydrogen-bond acceptors (Lipinski definition) is 5. The lowest BCUT2D eigenvalue weighted by atomic mass is 9.82. The van der Waals surface area contributed by atoms with E-state index < -0.39 is 4.75 Å². The van der Waals surface area contributed by atoms with Crippen LogP contribution < -0.4 is 5.32 Å². The molecule has 0 radical (unpaired) electrons. The predicted molar refractivity (Wildman–Crippen MR) is 155 cm³/mol. The van der Waals surface area contributed by atoms with E-state index in [1.807, 2.05) is 33.8 Å². The highest BCUT2D eigenvalue weighted by Crippen LogP contribution is 2.34. The zero-order chi connectivity index (χ0) is 27.0. The van der Waals surface area contributed by atoms with Crippen molar-refractivity contribution in [2.24, 2.45) is 11.3 Å². The summed E-state index contributed by atoms with van der Waals surface area (Å²) in [6.07, 6.45) is 12.9. The van der Waals surface area contributed by atoms with Crippen LogP contribution in [-0.4, -0.2) is 55.5 Å². The van der Waals surface area contributed by atoms with Gasteiger partial charge in [-0.15, -0.1) is 11.8 Å². The largest absolute Gasteiger partial charge is 0.381 e. The van der Waals surface area contributed by atoms with Crippen molar-refractivity contribution >= 4 is 17.7 Å². The van der Waals surface area contributed by atoms with Gasteiger partial charge in [0.05, 0.1) is 24.6 Å². The molecule has 0 atom stereocenters. The van der Waals surface area contributed by atoms with E-state index in [0.717, 1.165) is 43.2 Å². The fourth-order valence-electron chi connectivity index (χ4n) is 4.04. The van der Waals surface area contributed by atoms with Crippen LogP contribution in [0, 0.1) is 11.3 Å². The molecule has 0 spiro atoms. The van der Waals surface area contributed by atoms with E-state index in [4.69, 9.17) is 14.2 Å². The smallest absolute Gasteiger partial charge is 0.239 e. The van der Waals surface area contributed by atoms with E-state index in [0.29, 0.717) is 31.7 Å². The van der Waals surface area contributed by atoms with Gasteiger partial charge in [0.1, 0.15) is 0 Å². The quantitative estimate of drug-likeness (QED) is 0.179. The average Bonchev–Trinajstić information content (AvgIpc) is 2.78. The third-order valence-corrected chi connectivity index (χ3v) is 8.56. The maximum absolute atomic E-state index is 12.8. The number of hydrogen-bond donors (Lipinski definition) is 1. The second-order valence-corrected chi connectivity index (χ2v) is 13.2. The Bertz CT molecular complexity index is 664. The lowest BCUT2D eigenvalue weighted by molar-refractivity contribution is -0.121. The van der Waals surface area contributed by atoms with Crippen LogP contribution in [0.3, 0.4) is 0 Å². The fraction of sp³-hybridized carbons (Fsp3) is 0.833. The number of unbranched alkanes of at least 4 members (excludes halogenated alkanes) is 1. The van der Waals surface area contributed by atoms with Gasteiger partial charge in [0.15, 0.2) is 0 Å². The molecule has 0 aromatic carbocycles. The van der Waals surface area contributed by atoms with Crippen LogP contribution in [0.1, 0.15) is 99.8 Å². The Hall–Kier alpha value is -0.820. The van der Waals surface area contributed by atoms with Gasteiger partial charge >= 0.3 is 0 Å². The molecule has 2 aliphatic rings. The maximum atomic E-state index is 12.8. The Labute approximate surface area is 226 Å². The highest BCUT2D eigenvalue weighted by atomic mass is 32.2. The van der Waals surface area contributed by atoms with Gasteiger partial charge in [0.2, 0.25) is 5.91 Å². The van der Waals surface area contributed by atoms with E-state index in [1.165, 1.54) is 38.5 Å². The third kappa shape index (κ3) is 13.6. The predicted octanol–water partition coefficient (Wildman–Crippen LogP) is 7.31. The minimum atomic E-state index is -0.490. The highest BCUT2D eigenvalue weighted by molar-refractivity contribution is 8.01. The molecule has 1 aliphatic heterocycles. The molecular weight excluding hydrogens is 470 g/mol. The average molecular weight is 526 g/mol. The molecular formula is C30H55NO4S. The Morgan fingerprint density at radius 3 is 2.28 bits per heavy atom. The minimum absolute atomic E-state index is 0.0244. The van der Waals surface area contributed by atoms with Gasteiger partial charge in [0.25, 0.3) is 0 Å². The summed E-state index contributed by atoms with van der Waals surface area (Å²) < 4.78 is 15.9. The van der Waals surface area contributed by atoms with Gasteiger partial charge in [-0.1, -0.05) is 65.9 Å². The first kappa shape index (κ1) is 33.2. The van der Waals surface area contributed by atoms with Gasteiger partial charge in [-0.2, -0.15) is 0 Å². The first-order valence-corrected chi connectivity index (χ1v) is 15.0. The molecule has 0 aromatic heterocycles. The van der Waals surface area contributed by atoms with Crippen molar-refractivity contribution in [3.8, 4) is 0 Å². The summed E-state index contributed by atoms with van der Waals surface area (Å²) in [5.41, 5.74) is 1.51. The number of ether oxygens (including phenoxy) is 3. The molecule has 0 bridgehead atoms. The Balaban J connectivity index is 0.000000681. The summed E-state index contributed by atoms with van der Waals surface area (Å²) in [6, 6.07) is 0.